The van der Waals surface area contributed by atoms with Crippen molar-refractivity contribution in [1.29, 1.82) is 0 Å². The van der Waals surface area contributed by atoms with Crippen molar-refractivity contribution in [1.82, 2.24) is 0 Å². The molecule has 1 saturated heterocycles. The van der Waals surface area contributed by atoms with Gasteiger partial charge in [-0.15, -0.1) is 0 Å². The average molecular weight is 778 g/mol. The van der Waals surface area contributed by atoms with Gasteiger partial charge in [-0.2, -0.15) is 0 Å². The van der Waals surface area contributed by atoms with Crippen LogP contribution in [0.5, 0.6) is 0 Å². The number of fused-ring (bicyclic) bond motifs is 2. The van der Waals surface area contributed by atoms with Crippen molar-refractivity contribution in [3.8, 4) is 22.3 Å². The van der Waals surface area contributed by atoms with E-state index in [1.54, 1.807) is 24.3 Å². The van der Waals surface area contributed by atoms with Gasteiger partial charge in [0.05, 0.1) is 0 Å². The molecule has 0 bridgehead atoms. The van der Waals surface area contributed by atoms with Crippen LogP contribution in [0.1, 0.15) is 82.4 Å². The largest absolute Gasteiger partial charge is 1.00 e. The molecule has 2 aliphatic carbocycles. The molecule has 0 spiro atoms. The number of benzene rings is 4. The molecule has 1 aliphatic heterocycles. The van der Waals surface area contributed by atoms with Gasteiger partial charge < -0.3 is 24.8 Å². The van der Waals surface area contributed by atoms with Gasteiger partial charge in [-0.1, -0.05) is 0 Å². The van der Waals surface area contributed by atoms with Gasteiger partial charge in [-0.05, 0) is 0 Å². The van der Waals surface area contributed by atoms with E-state index >= 15 is 0 Å². The maximum absolute atomic E-state index is 13.4. The molecule has 1 fully saturated rings. The van der Waals surface area contributed by atoms with E-state index < -0.39 is 40.1 Å². The fraction of sp³-hybridized carbons (Fsp3) is 0.333. The molecule has 4 aromatic rings. The van der Waals surface area contributed by atoms with Crippen LogP contribution in [0.15, 0.2) is 96.1 Å². The smallest absolute Gasteiger partial charge is 1.00 e. The molecule has 1 heterocycles. The van der Waals surface area contributed by atoms with Crippen molar-refractivity contribution in [2.75, 3.05) is 0 Å². The van der Waals surface area contributed by atoms with Crippen molar-refractivity contribution in [3.63, 3.8) is 0 Å². The summed E-state index contributed by atoms with van der Waals surface area (Å²) in [6.07, 6.45) is -2.12. The first-order valence-corrected chi connectivity index (χ1v) is 21.2. The van der Waals surface area contributed by atoms with Gasteiger partial charge >= 0.3 is 289 Å². The molecule has 0 N–H and O–H groups in total. The summed E-state index contributed by atoms with van der Waals surface area (Å²) >= 11 is -2.81. The Hall–Kier alpha value is -2.77. The minimum Gasteiger partial charge on any atom is -1.00 e. The third kappa shape index (κ3) is 7.41. The van der Waals surface area contributed by atoms with Gasteiger partial charge in [0.1, 0.15) is 0 Å². The predicted molar refractivity (Wildman–Crippen MR) is 184 cm³/mol. The Morgan fingerprint density at radius 2 is 0.902 bits per heavy atom. The van der Waals surface area contributed by atoms with Crippen LogP contribution in [0.25, 0.3) is 34.4 Å². The summed E-state index contributed by atoms with van der Waals surface area (Å²) < 4.78 is 83.5. The van der Waals surface area contributed by atoms with E-state index in [1.165, 1.54) is 56.0 Å². The molecule has 51 heavy (non-hydrogen) atoms. The average Bonchev–Trinajstić information content (AvgIpc) is 3.59. The zero-order valence-electron chi connectivity index (χ0n) is 28.9. The zero-order valence-corrected chi connectivity index (χ0v) is 32.0. The summed E-state index contributed by atoms with van der Waals surface area (Å²) in [4.78, 5) is 0. The molecule has 7 rings (SSSR count). The molecular weight excluding hydrogens is 737 g/mol. The Bertz CT molecular complexity index is 1810. The summed E-state index contributed by atoms with van der Waals surface area (Å²) in [5.41, 5.74) is 10.1. The molecule has 268 valence electrons. The molecule has 9 heteroatoms. The van der Waals surface area contributed by atoms with Crippen LogP contribution >= 0.6 is 0 Å². The van der Waals surface area contributed by atoms with Gasteiger partial charge in [0.25, 0.3) is 0 Å². The van der Waals surface area contributed by atoms with Gasteiger partial charge in [-0.25, -0.2) is 0 Å². The summed E-state index contributed by atoms with van der Waals surface area (Å²) in [6.45, 7) is 8.98. The van der Waals surface area contributed by atoms with E-state index in [0.29, 0.717) is 20.3 Å². The van der Waals surface area contributed by atoms with Gasteiger partial charge in [0.15, 0.2) is 0 Å². The van der Waals surface area contributed by atoms with Crippen LogP contribution in [-0.4, -0.2) is 0 Å². The Morgan fingerprint density at radius 3 is 1.20 bits per heavy atom. The molecule has 0 aromatic heterocycles. The number of hydrogen-bond donors (Lipinski definition) is 0. The Labute approximate surface area is 312 Å². The molecule has 4 aromatic carbocycles. The second kappa shape index (κ2) is 14.6. The van der Waals surface area contributed by atoms with Crippen LogP contribution in [0.3, 0.4) is 0 Å². The number of alkyl halides is 6. The van der Waals surface area contributed by atoms with Gasteiger partial charge in [-0.3, -0.25) is 0 Å². The zero-order chi connectivity index (χ0) is 34.9. The number of allylic oxidation sites excluding steroid dienone is 2. The molecule has 0 amide bonds. The monoisotopic (exact) mass is 776 g/mol. The van der Waals surface area contributed by atoms with Gasteiger partial charge in [0.2, 0.25) is 0 Å². The maximum Gasteiger partial charge on any atom is -1.00 e. The SMILES string of the molecule is CC(C)CC1=Cc2c(-c3ccc(C(F)(F)F)cc3)cccc2[CH]1[Ti+2]1([CH]2C(CC(C)C)=Cc3c(-c4ccc(C(F)(F)F)cc4)cccc32)[CH2][CH2]1.[Cl-].[Cl-]. The third-order valence-corrected chi connectivity index (χ3v) is 18.9. The van der Waals surface area contributed by atoms with Crippen LogP contribution in [0, 0.1) is 11.8 Å². The van der Waals surface area contributed by atoms with Crippen LogP contribution in [0.4, 0.5) is 26.3 Å². The van der Waals surface area contributed by atoms with Crippen LogP contribution in [0.2, 0.25) is 9.45 Å². The van der Waals surface area contributed by atoms with E-state index in [9.17, 15) is 26.3 Å². The molecule has 0 radical (unpaired) electrons. The van der Waals surface area contributed by atoms with Gasteiger partial charge in [0, 0.05) is 0 Å². The van der Waals surface area contributed by atoms with Crippen LogP contribution in [-0.2, 0) is 28.9 Å². The van der Waals surface area contributed by atoms with Crippen molar-refractivity contribution in [2.45, 2.75) is 70.8 Å². The van der Waals surface area contributed by atoms with Crippen molar-refractivity contribution in [3.05, 3.63) is 129 Å². The maximum atomic E-state index is 13.4. The summed E-state index contributed by atoms with van der Waals surface area (Å²) in [5, 5.41) is 0. The van der Waals surface area contributed by atoms with E-state index in [-0.39, 0.29) is 24.8 Å². The predicted octanol–water partition coefficient (Wildman–Crippen LogP) is 7.74. The molecule has 2 atom stereocenters. The molecule has 0 nitrogen and oxygen atoms in total. The molecular formula is C42H40Cl2F6Ti. The van der Waals surface area contributed by atoms with Crippen molar-refractivity contribution >= 4 is 12.2 Å². The third-order valence-electron chi connectivity index (χ3n) is 10.6. The van der Waals surface area contributed by atoms with E-state index in [4.69, 9.17) is 0 Å². The fourth-order valence-corrected chi connectivity index (χ4v) is 18.9. The summed E-state index contributed by atoms with van der Waals surface area (Å²) in [5.74, 6) is 0.896. The first-order chi connectivity index (χ1) is 23.2. The quantitative estimate of drug-likeness (QED) is 0.127. The summed E-state index contributed by atoms with van der Waals surface area (Å²) in [6, 6.07) is 23.8. The Morgan fingerprint density at radius 1 is 0.549 bits per heavy atom. The number of rotatable bonds is 8. The summed E-state index contributed by atoms with van der Waals surface area (Å²) in [7, 11) is 0. The fourth-order valence-electron chi connectivity index (χ4n) is 8.65. The van der Waals surface area contributed by atoms with E-state index in [0.717, 1.165) is 46.2 Å². The van der Waals surface area contributed by atoms with E-state index in [1.807, 2.05) is 12.1 Å². The first kappa shape index (κ1) is 39.4. The molecule has 0 saturated carbocycles. The first-order valence-electron chi connectivity index (χ1n) is 17.2. The normalized spacial score (nSPS) is 18.2. The van der Waals surface area contributed by atoms with Crippen molar-refractivity contribution in [2.24, 2.45) is 11.8 Å². The minimum absolute atomic E-state index is 0. The second-order valence-corrected chi connectivity index (χ2v) is 22.2. The number of halogens is 8. The minimum atomic E-state index is -4.39. The topological polar surface area (TPSA) is 0 Å². The molecule has 3 aliphatic rings. The van der Waals surface area contributed by atoms with Crippen LogP contribution < -0.4 is 24.8 Å². The Kier molecular flexibility index (Phi) is 11.3. The second-order valence-electron chi connectivity index (χ2n) is 15.0. The Balaban J connectivity index is 0.00000252. The van der Waals surface area contributed by atoms with Crippen molar-refractivity contribution < 1.29 is 67.7 Å². The molecule has 2 unspecified atom stereocenters. The number of hydrogen-bond acceptors (Lipinski definition) is 0. The standard InChI is InChI=1S/2C20H18F3.C2H4.2ClH.Ti/c2*1-13(2)10-14-11-16-4-3-5-18(19(16)12-14)15-6-8-17(9-7-15)20(21,22)23;1-2;;;/h2*3-9,11-13H,10H2,1-2H3;1-2H2;2*1H;/q;;;;;+2/p-2. The van der Waals surface area contributed by atoms with E-state index in [2.05, 4.69) is 64.1 Å².